The van der Waals surface area contributed by atoms with Gasteiger partial charge in [0, 0.05) is 37.9 Å². The molecule has 1 N–H and O–H groups in total. The van der Waals surface area contributed by atoms with Crippen LogP contribution < -0.4 is 19.9 Å². The minimum absolute atomic E-state index is 0.631. The maximum absolute atomic E-state index is 8.91. The molecule has 29 heavy (non-hydrogen) atoms. The molecule has 146 valence electrons. The third-order valence-electron chi connectivity index (χ3n) is 4.97. The zero-order valence-corrected chi connectivity index (χ0v) is 16.2. The Hall–Kier alpha value is -3.79. The third kappa shape index (κ3) is 4.22. The number of aromatic nitrogens is 2. The first-order valence-corrected chi connectivity index (χ1v) is 9.49. The molecule has 0 bridgehead atoms. The molecule has 1 aliphatic heterocycles. The van der Waals surface area contributed by atoms with Crippen molar-refractivity contribution >= 4 is 23.0 Å². The first-order chi connectivity index (χ1) is 14.3. The smallest absolute Gasteiger partial charge is 0.142 e. The van der Waals surface area contributed by atoms with Gasteiger partial charge >= 0.3 is 0 Å². The van der Waals surface area contributed by atoms with Crippen LogP contribution in [0.1, 0.15) is 5.56 Å². The van der Waals surface area contributed by atoms with Crippen LogP contribution in [0, 0.1) is 11.3 Å². The Kier molecular flexibility index (Phi) is 5.43. The van der Waals surface area contributed by atoms with E-state index < -0.39 is 0 Å². The molecule has 2 aromatic carbocycles. The predicted octanol–water partition coefficient (Wildman–Crippen LogP) is 3.43. The second kappa shape index (κ2) is 8.48. The average Bonchev–Trinajstić information content (AvgIpc) is 2.80. The van der Waals surface area contributed by atoms with E-state index in [9.17, 15) is 0 Å². The summed E-state index contributed by atoms with van der Waals surface area (Å²) in [6.07, 6.45) is 1.58. The van der Waals surface area contributed by atoms with Crippen LogP contribution in [0.3, 0.4) is 0 Å². The molecule has 1 saturated heterocycles. The SMILES string of the molecule is COc1ccccc1N1CCN(c2cc(Nc3ccc(C#N)cc3)ncn2)CC1. The molecule has 0 saturated carbocycles. The summed E-state index contributed by atoms with van der Waals surface area (Å²) in [4.78, 5) is 13.4. The summed E-state index contributed by atoms with van der Waals surface area (Å²) < 4.78 is 5.49. The molecular weight excluding hydrogens is 364 g/mol. The Labute approximate surface area is 170 Å². The Bertz CT molecular complexity index is 1010. The zero-order chi connectivity index (χ0) is 20.1. The molecule has 1 fully saturated rings. The third-order valence-corrected chi connectivity index (χ3v) is 4.97. The number of benzene rings is 2. The highest BCUT2D eigenvalue weighted by molar-refractivity contribution is 5.62. The van der Waals surface area contributed by atoms with Crippen molar-refractivity contribution in [2.24, 2.45) is 0 Å². The lowest BCUT2D eigenvalue weighted by atomic mass is 10.2. The Morgan fingerprint density at radius 1 is 0.966 bits per heavy atom. The average molecular weight is 386 g/mol. The number of methoxy groups -OCH3 is 1. The summed E-state index contributed by atoms with van der Waals surface area (Å²) >= 11 is 0. The predicted molar refractivity (Wildman–Crippen MR) is 114 cm³/mol. The normalized spacial score (nSPS) is 13.7. The molecule has 2 heterocycles. The molecule has 0 radical (unpaired) electrons. The molecule has 0 amide bonds. The molecule has 0 unspecified atom stereocenters. The van der Waals surface area contributed by atoms with Crippen molar-refractivity contribution < 1.29 is 4.74 Å². The molecule has 0 aliphatic carbocycles. The van der Waals surface area contributed by atoms with Gasteiger partial charge in [0.05, 0.1) is 24.4 Å². The number of hydrogen-bond donors (Lipinski definition) is 1. The minimum Gasteiger partial charge on any atom is -0.495 e. The van der Waals surface area contributed by atoms with Gasteiger partial charge in [0.2, 0.25) is 0 Å². The maximum Gasteiger partial charge on any atom is 0.142 e. The number of ether oxygens (including phenoxy) is 1. The van der Waals surface area contributed by atoms with Crippen molar-refractivity contribution in [2.45, 2.75) is 0 Å². The van der Waals surface area contributed by atoms with Gasteiger partial charge in [0.15, 0.2) is 0 Å². The number of nitriles is 1. The molecule has 7 nitrogen and oxygen atoms in total. The molecule has 3 aromatic rings. The molecule has 7 heteroatoms. The van der Waals surface area contributed by atoms with E-state index in [4.69, 9.17) is 10.00 Å². The zero-order valence-electron chi connectivity index (χ0n) is 16.2. The maximum atomic E-state index is 8.91. The van der Waals surface area contributed by atoms with Gasteiger partial charge in [-0.25, -0.2) is 9.97 Å². The van der Waals surface area contributed by atoms with E-state index in [0.29, 0.717) is 5.56 Å². The van der Waals surface area contributed by atoms with Gasteiger partial charge < -0.3 is 19.9 Å². The van der Waals surface area contributed by atoms with Crippen LogP contribution in [-0.2, 0) is 0 Å². The lowest BCUT2D eigenvalue weighted by molar-refractivity contribution is 0.413. The monoisotopic (exact) mass is 386 g/mol. The van der Waals surface area contributed by atoms with Crippen LogP contribution in [0.2, 0.25) is 0 Å². The first kappa shape index (κ1) is 18.6. The van der Waals surface area contributed by atoms with Gasteiger partial charge in [-0.2, -0.15) is 5.26 Å². The van der Waals surface area contributed by atoms with Crippen molar-refractivity contribution in [3.05, 3.63) is 66.5 Å². The van der Waals surface area contributed by atoms with E-state index in [1.54, 1.807) is 25.6 Å². The van der Waals surface area contributed by atoms with Crippen molar-refractivity contribution in [2.75, 3.05) is 48.4 Å². The van der Waals surface area contributed by atoms with E-state index in [1.807, 2.05) is 36.4 Å². The van der Waals surface area contributed by atoms with E-state index in [-0.39, 0.29) is 0 Å². The van der Waals surface area contributed by atoms with Gasteiger partial charge in [0.25, 0.3) is 0 Å². The summed E-state index contributed by atoms with van der Waals surface area (Å²) in [7, 11) is 1.71. The molecule has 1 aliphatic rings. The van der Waals surface area contributed by atoms with Crippen LogP contribution in [-0.4, -0.2) is 43.3 Å². The van der Waals surface area contributed by atoms with E-state index in [1.165, 1.54) is 0 Å². The van der Waals surface area contributed by atoms with Crippen molar-refractivity contribution in [3.63, 3.8) is 0 Å². The second-order valence-corrected chi connectivity index (χ2v) is 6.72. The van der Waals surface area contributed by atoms with Crippen molar-refractivity contribution in [3.8, 4) is 11.8 Å². The first-order valence-electron chi connectivity index (χ1n) is 9.49. The lowest BCUT2D eigenvalue weighted by Gasteiger charge is -2.37. The number of nitrogens with zero attached hydrogens (tertiary/aromatic N) is 5. The number of anilines is 4. The summed E-state index contributed by atoms with van der Waals surface area (Å²) in [6, 6.07) is 19.5. The lowest BCUT2D eigenvalue weighted by Crippen LogP contribution is -2.47. The quantitative estimate of drug-likeness (QED) is 0.720. The Morgan fingerprint density at radius 2 is 1.69 bits per heavy atom. The highest BCUT2D eigenvalue weighted by Gasteiger charge is 2.20. The topological polar surface area (TPSA) is 77.3 Å². The fourth-order valence-corrected chi connectivity index (χ4v) is 3.43. The van der Waals surface area contributed by atoms with E-state index >= 15 is 0 Å². The van der Waals surface area contributed by atoms with Crippen molar-refractivity contribution in [1.82, 2.24) is 9.97 Å². The van der Waals surface area contributed by atoms with Crippen LogP contribution in [0.15, 0.2) is 60.9 Å². The van der Waals surface area contributed by atoms with Crippen LogP contribution in [0.4, 0.5) is 23.0 Å². The van der Waals surface area contributed by atoms with Crippen molar-refractivity contribution in [1.29, 1.82) is 5.26 Å². The van der Waals surface area contributed by atoms with Gasteiger partial charge in [-0.1, -0.05) is 12.1 Å². The van der Waals surface area contributed by atoms with Crippen LogP contribution >= 0.6 is 0 Å². The fourth-order valence-electron chi connectivity index (χ4n) is 3.43. The fraction of sp³-hybridized carbons (Fsp3) is 0.227. The number of hydrogen-bond acceptors (Lipinski definition) is 7. The number of rotatable bonds is 5. The van der Waals surface area contributed by atoms with Crippen LogP contribution in [0.5, 0.6) is 5.75 Å². The summed E-state index contributed by atoms with van der Waals surface area (Å²) in [5.74, 6) is 2.53. The summed E-state index contributed by atoms with van der Waals surface area (Å²) in [5.41, 5.74) is 2.64. The molecular formula is C22H22N6O. The highest BCUT2D eigenvalue weighted by atomic mass is 16.5. The summed E-state index contributed by atoms with van der Waals surface area (Å²) in [5, 5.41) is 12.2. The van der Waals surface area contributed by atoms with Gasteiger partial charge in [0.1, 0.15) is 23.7 Å². The highest BCUT2D eigenvalue weighted by Crippen LogP contribution is 2.29. The number of piperazine rings is 1. The number of para-hydroxylation sites is 2. The number of nitrogens with one attached hydrogen (secondary N) is 1. The van der Waals surface area contributed by atoms with Gasteiger partial charge in [-0.05, 0) is 36.4 Å². The molecule has 4 rings (SSSR count). The Morgan fingerprint density at radius 3 is 2.41 bits per heavy atom. The summed E-state index contributed by atoms with van der Waals surface area (Å²) in [6.45, 7) is 3.52. The second-order valence-electron chi connectivity index (χ2n) is 6.72. The van der Waals surface area contributed by atoms with E-state index in [0.717, 1.165) is 54.9 Å². The van der Waals surface area contributed by atoms with Gasteiger partial charge in [-0.3, -0.25) is 0 Å². The minimum atomic E-state index is 0.631. The largest absolute Gasteiger partial charge is 0.495 e. The molecule has 0 spiro atoms. The molecule has 1 aromatic heterocycles. The standard InChI is InChI=1S/C22H22N6O/c1-29-20-5-3-2-4-19(20)27-10-12-28(13-11-27)22-14-21(24-16-25-22)26-18-8-6-17(15-23)7-9-18/h2-9,14,16H,10-13H2,1H3,(H,24,25,26). The van der Waals surface area contributed by atoms with E-state index in [2.05, 4.69) is 37.2 Å². The van der Waals surface area contributed by atoms with Crippen LogP contribution in [0.25, 0.3) is 0 Å². The molecule has 0 atom stereocenters. The van der Waals surface area contributed by atoms with Gasteiger partial charge in [-0.15, -0.1) is 0 Å². The Balaban J connectivity index is 1.42.